The first-order valence-corrected chi connectivity index (χ1v) is 10.1. The Morgan fingerprint density at radius 3 is 2.21 bits per heavy atom. The average molecular weight is 466 g/mol. The largest absolute Gasteiger partial charge is 1.00 e. The van der Waals surface area contributed by atoms with E-state index < -0.39 is 0 Å². The van der Waals surface area contributed by atoms with Crippen molar-refractivity contribution in [1.82, 2.24) is 24.5 Å². The lowest BCUT2D eigenvalue weighted by molar-refractivity contribution is -0.454. The summed E-state index contributed by atoms with van der Waals surface area (Å²) in [6.45, 7) is 0. The van der Waals surface area contributed by atoms with Gasteiger partial charge in [-0.1, -0.05) is 11.8 Å². The van der Waals surface area contributed by atoms with Crippen molar-refractivity contribution in [1.29, 1.82) is 0 Å². The van der Waals surface area contributed by atoms with E-state index in [-0.39, 0.29) is 12.4 Å². The molecule has 0 aliphatic carbocycles. The van der Waals surface area contributed by atoms with Crippen molar-refractivity contribution < 1.29 is 17.7 Å². The maximum Gasteiger partial charge on any atom is 0.282 e. The Kier molecular flexibility index (Phi) is 8.84. The number of aliphatic imine (C=N–C) groups is 1. The predicted octanol–water partition coefficient (Wildman–Crippen LogP) is -0.839. The molecule has 5 rings (SSSR count). The molecule has 7 nitrogen and oxygen atoms in total. The van der Waals surface area contributed by atoms with Crippen LogP contribution in [-0.4, -0.2) is 30.3 Å². The molecule has 4 aromatic rings. The van der Waals surface area contributed by atoms with E-state index in [0.717, 1.165) is 34.0 Å². The van der Waals surface area contributed by atoms with Gasteiger partial charge < -0.3 is 17.0 Å². The first-order chi connectivity index (χ1) is 16.3. The maximum absolute atomic E-state index is 4.39. The normalized spacial score (nSPS) is 10.9. The van der Waals surface area contributed by atoms with E-state index in [2.05, 4.69) is 48.6 Å². The molecule has 0 saturated heterocycles. The number of halogens is 1. The van der Waals surface area contributed by atoms with E-state index >= 15 is 0 Å². The number of quaternary nitrogens is 1. The van der Waals surface area contributed by atoms with Crippen molar-refractivity contribution in [2.24, 2.45) is 12.0 Å². The van der Waals surface area contributed by atoms with Gasteiger partial charge >= 0.3 is 0 Å². The van der Waals surface area contributed by atoms with Gasteiger partial charge in [-0.15, -0.1) is 0 Å². The van der Waals surface area contributed by atoms with E-state index in [1.165, 1.54) is 0 Å². The van der Waals surface area contributed by atoms with E-state index in [9.17, 15) is 0 Å². The van der Waals surface area contributed by atoms with Crippen LogP contribution in [0.4, 0.5) is 0 Å². The quantitative estimate of drug-likeness (QED) is 0.371. The summed E-state index contributed by atoms with van der Waals surface area (Å²) in [5.41, 5.74) is 3.66. The van der Waals surface area contributed by atoms with Gasteiger partial charge in [0.15, 0.2) is 5.82 Å². The van der Waals surface area contributed by atoms with Crippen LogP contribution < -0.4 is 17.7 Å². The lowest BCUT2D eigenvalue weighted by Gasteiger charge is -1.98. The Bertz CT molecular complexity index is 1390. The van der Waals surface area contributed by atoms with Gasteiger partial charge in [-0.05, 0) is 42.3 Å². The number of nitrogens with two attached hydrogens (primary N) is 1. The Hall–Kier alpha value is -4.56. The number of rotatable bonds is 1. The minimum absolute atomic E-state index is 0. The fourth-order valence-electron chi connectivity index (χ4n) is 2.71. The first-order valence-electron chi connectivity index (χ1n) is 10.1. The van der Waals surface area contributed by atoms with Crippen molar-refractivity contribution in [2.75, 3.05) is 0 Å². The smallest absolute Gasteiger partial charge is 0.282 e. The monoisotopic (exact) mass is 465 g/mol. The molecule has 1 aliphatic rings. The third-order valence-electron chi connectivity index (χ3n) is 4.41. The maximum atomic E-state index is 4.39. The van der Waals surface area contributed by atoms with Gasteiger partial charge in [0.25, 0.3) is 5.84 Å². The van der Waals surface area contributed by atoms with Crippen LogP contribution in [0, 0.1) is 23.7 Å². The fraction of sp³-hybridized carbons (Fsp3) is 0.0385. The highest BCUT2D eigenvalue weighted by Gasteiger charge is 2.01. The van der Waals surface area contributed by atoms with Crippen molar-refractivity contribution in [2.45, 2.75) is 0 Å². The van der Waals surface area contributed by atoms with Gasteiger partial charge in [-0.25, -0.2) is 4.98 Å². The van der Waals surface area contributed by atoms with Gasteiger partial charge in [0.2, 0.25) is 0 Å². The highest BCUT2D eigenvalue weighted by Crippen LogP contribution is 2.14. The number of pyridine rings is 3. The van der Waals surface area contributed by atoms with Gasteiger partial charge in [0, 0.05) is 73.0 Å². The minimum atomic E-state index is 0. The number of nitrogens with zero attached hydrogens (tertiary/aromatic N) is 6. The van der Waals surface area contributed by atoms with Crippen molar-refractivity contribution in [3.63, 3.8) is 0 Å². The standard InChI is InChI=1S/C15H10N4.C11H9N3.ClH/c1-2-13(11-16-7-1)14-5-3-12(10-19-14)4-6-15-17-8-9-18-15;1-14-8-7-13-11(14)5-4-10-3-2-6-12-9-10;/h1-3,5,7-11H,(H,17,18);2-3,6-9H,1H3;1H. The third kappa shape index (κ3) is 6.98. The van der Waals surface area contributed by atoms with Crippen LogP contribution in [0.5, 0.6) is 0 Å². The second-order valence-electron chi connectivity index (χ2n) is 6.80. The summed E-state index contributed by atoms with van der Waals surface area (Å²) in [5.74, 6) is 13.5. The van der Waals surface area contributed by atoms with Crippen molar-refractivity contribution in [3.05, 3.63) is 109 Å². The zero-order valence-corrected chi connectivity index (χ0v) is 19.1. The Morgan fingerprint density at radius 1 is 0.794 bits per heavy atom. The summed E-state index contributed by atoms with van der Waals surface area (Å²) in [6.07, 6.45) is 16.0. The summed E-state index contributed by atoms with van der Waals surface area (Å²) in [5, 5.41) is 1.88. The number of aryl methyl sites for hydroxylation is 1. The van der Waals surface area contributed by atoms with E-state index in [4.69, 9.17) is 0 Å². The Morgan fingerprint density at radius 2 is 1.59 bits per heavy atom. The van der Waals surface area contributed by atoms with Gasteiger partial charge in [-0.3, -0.25) is 20.3 Å². The predicted molar refractivity (Wildman–Crippen MR) is 126 cm³/mol. The summed E-state index contributed by atoms with van der Waals surface area (Å²) < 4.78 is 1.88. The number of imidazole rings is 1. The fourth-order valence-corrected chi connectivity index (χ4v) is 2.71. The van der Waals surface area contributed by atoms with Gasteiger partial charge in [0.1, 0.15) is 6.20 Å². The van der Waals surface area contributed by atoms with Crippen LogP contribution in [0.15, 0.2) is 97.2 Å². The van der Waals surface area contributed by atoms with Crippen LogP contribution >= 0.6 is 0 Å². The lowest BCUT2D eigenvalue weighted by atomic mass is 10.1. The average Bonchev–Trinajstić information content (AvgIpc) is 3.55. The molecule has 0 unspecified atom stereocenters. The second-order valence-corrected chi connectivity index (χ2v) is 6.80. The van der Waals surface area contributed by atoms with Gasteiger partial charge in [0.05, 0.1) is 11.9 Å². The molecule has 0 saturated carbocycles. The summed E-state index contributed by atoms with van der Waals surface area (Å²) in [6, 6.07) is 11.6. The highest BCUT2D eigenvalue weighted by molar-refractivity contribution is 5.92. The highest BCUT2D eigenvalue weighted by atomic mass is 35.5. The van der Waals surface area contributed by atoms with Crippen LogP contribution in [0.2, 0.25) is 0 Å². The molecule has 0 aromatic carbocycles. The molecule has 4 aromatic heterocycles. The Labute approximate surface area is 204 Å². The molecule has 2 N–H and O–H groups in total. The number of hydrogen-bond donors (Lipinski definition) is 1. The van der Waals surface area contributed by atoms with Crippen molar-refractivity contribution in [3.8, 4) is 34.9 Å². The molecular weight excluding hydrogens is 446 g/mol. The molecule has 5 heterocycles. The third-order valence-corrected chi connectivity index (χ3v) is 4.41. The first kappa shape index (κ1) is 24.1. The van der Waals surface area contributed by atoms with Gasteiger partial charge in [-0.2, -0.15) is 4.99 Å². The number of amidine groups is 1. The molecule has 0 radical (unpaired) electrons. The second kappa shape index (κ2) is 12.5. The van der Waals surface area contributed by atoms with Crippen LogP contribution in [0.25, 0.3) is 11.3 Å². The van der Waals surface area contributed by atoms with E-state index in [1.807, 2.05) is 65.7 Å². The number of hydrogen-bond acceptors (Lipinski definition) is 5. The molecular formula is C26H20ClN7. The molecule has 0 fully saturated rings. The zero-order chi connectivity index (χ0) is 22.7. The summed E-state index contributed by atoms with van der Waals surface area (Å²) in [7, 11) is 1.92. The topological polar surface area (TPSA) is 85.5 Å². The minimum Gasteiger partial charge on any atom is -1.00 e. The lowest BCUT2D eigenvalue weighted by Crippen LogP contribution is -3.00. The molecule has 0 amide bonds. The number of aromatic nitrogens is 5. The van der Waals surface area contributed by atoms with Crippen LogP contribution in [0.1, 0.15) is 17.0 Å². The molecule has 8 heteroatoms. The molecule has 1 aliphatic heterocycles. The van der Waals surface area contributed by atoms with Crippen LogP contribution in [-0.2, 0) is 7.05 Å². The summed E-state index contributed by atoms with van der Waals surface area (Å²) >= 11 is 0. The SMILES string of the molecule is C(#Cc1ccc(-c2cccnc2)nc1)C1=NC=C[NH2+]1.Cn1ccnc1C#Cc1cccnc1.[Cl-]. The molecule has 0 atom stereocenters. The van der Waals surface area contributed by atoms with Crippen molar-refractivity contribution >= 4 is 5.84 Å². The Balaban J connectivity index is 0.000000193. The molecule has 34 heavy (non-hydrogen) atoms. The zero-order valence-electron chi connectivity index (χ0n) is 18.3. The molecule has 0 spiro atoms. The summed E-state index contributed by atoms with van der Waals surface area (Å²) in [4.78, 5) is 20.6. The molecule has 0 bridgehead atoms. The van der Waals surface area contributed by atoms with E-state index in [0.29, 0.717) is 0 Å². The molecule has 166 valence electrons. The van der Waals surface area contributed by atoms with E-state index in [1.54, 1.807) is 43.4 Å². The van der Waals surface area contributed by atoms with Crippen LogP contribution in [0.3, 0.4) is 0 Å².